The van der Waals surface area contributed by atoms with Crippen molar-refractivity contribution in [3.63, 3.8) is 0 Å². The smallest absolute Gasteiger partial charge is 0.327 e. The fourth-order valence-electron chi connectivity index (χ4n) is 5.41. The molecule has 1 unspecified atom stereocenters. The Morgan fingerprint density at radius 3 is 1.96 bits per heavy atom. The number of imidazole rings is 2. The molecule has 1 aliphatic rings. The maximum atomic E-state index is 13.0. The highest BCUT2D eigenvalue weighted by Crippen LogP contribution is 2.43. The average Bonchev–Trinajstić information content (AvgIpc) is 3.76. The van der Waals surface area contributed by atoms with Gasteiger partial charge in [-0.05, 0) is 67.6 Å². The predicted octanol–water partition coefficient (Wildman–Crippen LogP) is 8.96. The molecule has 4 aromatic heterocycles. The fraction of sp³-hybridized carbons (Fsp3) is 0.273. The van der Waals surface area contributed by atoms with Crippen LogP contribution in [0.25, 0.3) is 44.8 Å². The van der Waals surface area contributed by atoms with Gasteiger partial charge in [-0.15, -0.1) is 11.8 Å². The standard InChI is InChI=1S/C18H16F3N3OS.C15H12F3N3S/c1-2-26(25)16-10-22-8-7-13(16)17-23-14-9-11(18(19,20)21)3-6-15(14)24(17)12-4-5-12;1-21-12-4-3-9(15(16,17)18)7-11(12)20-14(21)10-5-6-19-8-13(10)22-2/h3,6-10,12H,2,4-5H2,1H3;3-8H,1-2H3. The zero-order valence-electron chi connectivity index (χ0n) is 25.8. The summed E-state index contributed by atoms with van der Waals surface area (Å²) < 4.78 is 93.8. The van der Waals surface area contributed by atoms with Crippen molar-refractivity contribution in [1.29, 1.82) is 0 Å². The van der Waals surface area contributed by atoms with Crippen molar-refractivity contribution < 1.29 is 30.6 Å². The van der Waals surface area contributed by atoms with Crippen LogP contribution in [0.1, 0.15) is 36.9 Å². The lowest BCUT2D eigenvalue weighted by Crippen LogP contribution is -2.04. The van der Waals surface area contributed by atoms with Crippen LogP contribution in [0.5, 0.6) is 0 Å². The van der Waals surface area contributed by atoms with E-state index in [9.17, 15) is 30.6 Å². The minimum absolute atomic E-state index is 0.211. The molecule has 0 amide bonds. The van der Waals surface area contributed by atoms with E-state index in [2.05, 4.69) is 19.9 Å². The van der Waals surface area contributed by atoms with Gasteiger partial charge in [-0.3, -0.25) is 14.2 Å². The molecule has 0 aliphatic heterocycles. The Hall–Kier alpha value is -4.24. The summed E-state index contributed by atoms with van der Waals surface area (Å²) in [6, 6.07) is 11.0. The average molecular weight is 703 g/mol. The molecule has 2 aromatic carbocycles. The number of halogens is 6. The topological polar surface area (TPSA) is 78.5 Å². The van der Waals surface area contributed by atoms with E-state index in [0.29, 0.717) is 49.9 Å². The van der Waals surface area contributed by atoms with Gasteiger partial charge in [0.05, 0.1) is 48.9 Å². The summed E-state index contributed by atoms with van der Waals surface area (Å²) in [5, 5.41) is 0. The van der Waals surface area contributed by atoms with Gasteiger partial charge in [-0.25, -0.2) is 9.97 Å². The van der Waals surface area contributed by atoms with Gasteiger partial charge in [0.2, 0.25) is 0 Å². The predicted molar refractivity (Wildman–Crippen MR) is 174 cm³/mol. The van der Waals surface area contributed by atoms with Crippen molar-refractivity contribution >= 4 is 44.6 Å². The van der Waals surface area contributed by atoms with Gasteiger partial charge in [-0.1, -0.05) is 6.92 Å². The molecule has 1 atom stereocenters. The first-order valence-electron chi connectivity index (χ1n) is 14.8. The summed E-state index contributed by atoms with van der Waals surface area (Å²) in [4.78, 5) is 18.5. The van der Waals surface area contributed by atoms with Crippen LogP contribution in [0, 0.1) is 0 Å². The van der Waals surface area contributed by atoms with Crippen LogP contribution >= 0.6 is 11.8 Å². The number of hydrogen-bond donors (Lipinski definition) is 0. The van der Waals surface area contributed by atoms with Gasteiger partial charge in [0.25, 0.3) is 0 Å². The first kappa shape index (κ1) is 33.7. The third-order valence-corrected chi connectivity index (χ3v) is 10.0. The van der Waals surface area contributed by atoms with E-state index in [1.165, 1.54) is 23.9 Å². The van der Waals surface area contributed by atoms with Gasteiger partial charge < -0.3 is 9.13 Å². The number of aryl methyl sites for hydroxylation is 1. The van der Waals surface area contributed by atoms with Gasteiger partial charge >= 0.3 is 12.4 Å². The summed E-state index contributed by atoms with van der Waals surface area (Å²) >= 11 is 1.52. The number of thioether (sulfide) groups is 1. The van der Waals surface area contributed by atoms with Crippen LogP contribution in [0.15, 0.2) is 83.1 Å². The molecule has 7 nitrogen and oxygen atoms in total. The van der Waals surface area contributed by atoms with E-state index in [1.54, 1.807) is 42.5 Å². The molecule has 1 aliphatic carbocycles. The Bertz CT molecular complexity index is 2150. The molecule has 4 heterocycles. The molecule has 0 saturated heterocycles. The van der Waals surface area contributed by atoms with E-state index >= 15 is 0 Å². The Kier molecular flexibility index (Phi) is 9.11. The highest BCUT2D eigenvalue weighted by atomic mass is 32.2. The summed E-state index contributed by atoms with van der Waals surface area (Å²) in [6.45, 7) is 1.81. The second kappa shape index (κ2) is 13.0. The molecule has 0 bridgehead atoms. The monoisotopic (exact) mass is 702 g/mol. The Morgan fingerprint density at radius 2 is 1.38 bits per heavy atom. The molecular weight excluding hydrogens is 675 g/mol. The van der Waals surface area contributed by atoms with E-state index in [0.717, 1.165) is 47.6 Å². The molecule has 48 heavy (non-hydrogen) atoms. The van der Waals surface area contributed by atoms with Crippen LogP contribution in [0.3, 0.4) is 0 Å². The summed E-state index contributed by atoms with van der Waals surface area (Å²) in [5.74, 6) is 1.61. The van der Waals surface area contributed by atoms with Crippen molar-refractivity contribution in [2.75, 3.05) is 12.0 Å². The lowest BCUT2D eigenvalue weighted by Gasteiger charge is -2.11. The molecule has 15 heteroatoms. The van der Waals surface area contributed by atoms with E-state index < -0.39 is 34.3 Å². The van der Waals surface area contributed by atoms with Crippen LogP contribution in [-0.2, 0) is 30.2 Å². The second-order valence-electron chi connectivity index (χ2n) is 11.0. The number of nitrogens with zero attached hydrogens (tertiary/aromatic N) is 6. The van der Waals surface area contributed by atoms with Gasteiger partial charge in [0, 0.05) is 59.7 Å². The second-order valence-corrected chi connectivity index (χ2v) is 13.6. The summed E-state index contributed by atoms with van der Waals surface area (Å²) in [6.07, 6.45) is 1.56. The van der Waals surface area contributed by atoms with Crippen LogP contribution in [0.2, 0.25) is 0 Å². The van der Waals surface area contributed by atoms with E-state index in [-0.39, 0.29) is 6.04 Å². The SMILES string of the molecule is CCS(=O)c1cnccc1-c1nc2cc(C(F)(F)F)ccc2n1C1CC1.CSc1cnccc1-c1nc2cc(C(F)(F)F)ccc2n1C. The molecule has 0 spiro atoms. The van der Waals surface area contributed by atoms with Gasteiger partial charge in [0.15, 0.2) is 0 Å². The fourth-order valence-corrected chi connectivity index (χ4v) is 6.85. The highest BCUT2D eigenvalue weighted by Gasteiger charge is 2.34. The zero-order valence-corrected chi connectivity index (χ0v) is 27.4. The number of hydrogen-bond acceptors (Lipinski definition) is 6. The lowest BCUT2D eigenvalue weighted by molar-refractivity contribution is -0.138. The quantitative estimate of drug-likeness (QED) is 0.127. The highest BCUT2D eigenvalue weighted by molar-refractivity contribution is 7.98. The Balaban J connectivity index is 0.000000170. The number of benzene rings is 2. The van der Waals surface area contributed by atoms with Crippen molar-refractivity contribution in [3.05, 3.63) is 84.4 Å². The molecule has 250 valence electrons. The molecular formula is C33H28F6N6OS2. The number of pyridine rings is 2. The first-order chi connectivity index (χ1) is 22.8. The molecule has 7 rings (SSSR count). The number of fused-ring (bicyclic) bond motifs is 2. The van der Waals surface area contributed by atoms with Crippen molar-refractivity contribution in [1.82, 2.24) is 29.1 Å². The zero-order chi connectivity index (χ0) is 34.4. The Labute approximate surface area is 277 Å². The number of alkyl halides is 6. The third kappa shape index (κ3) is 6.57. The van der Waals surface area contributed by atoms with Crippen molar-refractivity contribution in [3.8, 4) is 22.8 Å². The molecule has 0 radical (unpaired) electrons. The van der Waals surface area contributed by atoms with E-state index in [4.69, 9.17) is 0 Å². The molecule has 6 aromatic rings. The number of rotatable bonds is 6. The van der Waals surface area contributed by atoms with Gasteiger partial charge in [-0.2, -0.15) is 26.3 Å². The maximum absolute atomic E-state index is 13.0. The summed E-state index contributed by atoms with van der Waals surface area (Å²) in [5.41, 5.74) is 2.07. The third-order valence-electron chi connectivity index (χ3n) is 7.92. The molecule has 0 N–H and O–H groups in total. The largest absolute Gasteiger partial charge is 0.416 e. The van der Waals surface area contributed by atoms with Crippen LogP contribution in [-0.4, -0.2) is 45.3 Å². The lowest BCUT2D eigenvalue weighted by atomic mass is 10.2. The Morgan fingerprint density at radius 1 is 0.812 bits per heavy atom. The normalized spacial score (nSPS) is 14.3. The minimum atomic E-state index is -4.41. The van der Waals surface area contributed by atoms with E-state index in [1.807, 2.05) is 23.8 Å². The molecule has 1 fully saturated rings. The minimum Gasteiger partial charge on any atom is -0.327 e. The van der Waals surface area contributed by atoms with Gasteiger partial charge in [0.1, 0.15) is 11.6 Å². The van der Waals surface area contributed by atoms with Crippen LogP contribution in [0.4, 0.5) is 26.3 Å². The first-order valence-corrected chi connectivity index (χ1v) is 17.3. The van der Waals surface area contributed by atoms with Crippen molar-refractivity contribution in [2.45, 2.75) is 48.0 Å². The van der Waals surface area contributed by atoms with Crippen LogP contribution < -0.4 is 0 Å². The van der Waals surface area contributed by atoms with Crippen molar-refractivity contribution in [2.24, 2.45) is 7.05 Å². The molecule has 1 saturated carbocycles. The maximum Gasteiger partial charge on any atom is 0.416 e. The summed E-state index contributed by atoms with van der Waals surface area (Å²) in [7, 11) is 0.555. The number of aromatic nitrogens is 6.